The van der Waals surface area contributed by atoms with Crippen LogP contribution in [0, 0.1) is 0 Å². The molecule has 0 N–H and O–H groups in total. The Labute approximate surface area is 484 Å². The van der Waals surface area contributed by atoms with E-state index in [0.29, 0.717) is 19.3 Å². The predicted octanol–water partition coefficient (Wildman–Crippen LogP) is 23.3. The van der Waals surface area contributed by atoms with E-state index in [1.807, 2.05) is 0 Å². The molecule has 1 unspecified atom stereocenters. The zero-order chi connectivity index (χ0) is 56.4. The Morgan fingerprint density at radius 1 is 0.269 bits per heavy atom. The van der Waals surface area contributed by atoms with Crippen LogP contribution >= 0.6 is 0 Å². The lowest BCUT2D eigenvalue weighted by Gasteiger charge is -2.18. The minimum Gasteiger partial charge on any atom is -0.462 e. The Balaban J connectivity index is 4.19. The smallest absolute Gasteiger partial charge is 0.306 e. The molecule has 0 bridgehead atoms. The molecule has 0 spiro atoms. The molecule has 6 nitrogen and oxygen atoms in total. The van der Waals surface area contributed by atoms with Gasteiger partial charge in [-0.3, -0.25) is 14.4 Å². The van der Waals surface area contributed by atoms with E-state index >= 15 is 0 Å². The number of allylic oxidation sites excluding steroid dienone is 12. The molecule has 0 rings (SSSR count). The normalized spacial score (nSPS) is 12.5. The summed E-state index contributed by atoms with van der Waals surface area (Å²) in [7, 11) is 0. The highest BCUT2D eigenvalue weighted by molar-refractivity contribution is 5.71. The van der Waals surface area contributed by atoms with E-state index in [-0.39, 0.29) is 31.1 Å². The van der Waals surface area contributed by atoms with Gasteiger partial charge in [0.25, 0.3) is 0 Å². The zero-order valence-corrected chi connectivity index (χ0v) is 51.9. The fourth-order valence-corrected chi connectivity index (χ4v) is 9.89. The Hall–Kier alpha value is -3.15. The van der Waals surface area contributed by atoms with Crippen LogP contribution in [0.3, 0.4) is 0 Å². The van der Waals surface area contributed by atoms with Gasteiger partial charge in [0.15, 0.2) is 6.10 Å². The lowest BCUT2D eigenvalue weighted by atomic mass is 10.0. The maximum atomic E-state index is 12.9. The number of ether oxygens (including phenoxy) is 3. The summed E-state index contributed by atoms with van der Waals surface area (Å²) in [5.74, 6) is -0.871. The van der Waals surface area contributed by atoms with Crippen molar-refractivity contribution in [2.45, 2.75) is 354 Å². The predicted molar refractivity (Wildman–Crippen MR) is 339 cm³/mol. The van der Waals surface area contributed by atoms with Crippen LogP contribution in [0.25, 0.3) is 0 Å². The molecule has 0 aliphatic rings. The second-order valence-electron chi connectivity index (χ2n) is 22.7. The first-order valence-corrected chi connectivity index (χ1v) is 33.9. The van der Waals surface area contributed by atoms with Crippen molar-refractivity contribution in [1.29, 1.82) is 0 Å². The molecule has 78 heavy (non-hydrogen) atoms. The molecule has 0 saturated heterocycles. The molecular weight excluding hydrogens is 961 g/mol. The van der Waals surface area contributed by atoms with E-state index in [9.17, 15) is 14.4 Å². The van der Waals surface area contributed by atoms with Crippen molar-refractivity contribution in [3.8, 4) is 0 Å². The molecule has 0 amide bonds. The number of rotatable bonds is 62. The van der Waals surface area contributed by atoms with E-state index in [4.69, 9.17) is 14.2 Å². The van der Waals surface area contributed by atoms with Gasteiger partial charge in [0.2, 0.25) is 0 Å². The Bertz CT molecular complexity index is 1440. The second-order valence-corrected chi connectivity index (χ2v) is 22.7. The molecule has 0 aromatic heterocycles. The summed E-state index contributed by atoms with van der Waals surface area (Å²) < 4.78 is 16.9. The lowest BCUT2D eigenvalue weighted by molar-refractivity contribution is -0.167. The van der Waals surface area contributed by atoms with Crippen molar-refractivity contribution in [2.75, 3.05) is 13.2 Å². The van der Waals surface area contributed by atoms with Gasteiger partial charge in [0, 0.05) is 19.3 Å². The first-order valence-electron chi connectivity index (χ1n) is 33.9. The Morgan fingerprint density at radius 2 is 0.526 bits per heavy atom. The number of hydrogen-bond donors (Lipinski definition) is 0. The van der Waals surface area contributed by atoms with Gasteiger partial charge in [-0.1, -0.05) is 318 Å². The van der Waals surface area contributed by atoms with Gasteiger partial charge in [-0.2, -0.15) is 0 Å². The summed E-state index contributed by atoms with van der Waals surface area (Å²) in [5.41, 5.74) is 0. The van der Waals surface area contributed by atoms with Gasteiger partial charge < -0.3 is 14.2 Å². The van der Waals surface area contributed by atoms with Gasteiger partial charge in [0.05, 0.1) is 0 Å². The number of unbranched alkanes of at least 4 members (excludes halogenated alkanes) is 39. The summed E-state index contributed by atoms with van der Waals surface area (Å²) in [6.07, 6.45) is 86.5. The maximum Gasteiger partial charge on any atom is 0.306 e. The highest BCUT2D eigenvalue weighted by Crippen LogP contribution is 2.18. The van der Waals surface area contributed by atoms with E-state index in [2.05, 4.69) is 93.7 Å². The van der Waals surface area contributed by atoms with Crippen LogP contribution in [0.2, 0.25) is 0 Å². The van der Waals surface area contributed by atoms with E-state index < -0.39 is 6.10 Å². The van der Waals surface area contributed by atoms with Crippen molar-refractivity contribution in [3.05, 3.63) is 72.9 Å². The average Bonchev–Trinajstić information content (AvgIpc) is 3.44. The van der Waals surface area contributed by atoms with Gasteiger partial charge in [0.1, 0.15) is 13.2 Å². The summed E-state index contributed by atoms with van der Waals surface area (Å²) in [6, 6.07) is 0. The molecule has 0 saturated carbocycles. The van der Waals surface area contributed by atoms with Crippen LogP contribution in [0.5, 0.6) is 0 Å². The summed E-state index contributed by atoms with van der Waals surface area (Å²) in [6.45, 7) is 6.51. The molecular formula is C72H128O6. The SMILES string of the molecule is CC/C=C\C/C=C\C/C=C\C/C=C\C/C=C\CCCCCCCCCCCCCC(=O)OCC(COC(=O)CCCCCCC/C=C\CCC)OC(=O)CCCCCCCCCCCCCCCCCCCCCCCCC. The third-order valence-corrected chi connectivity index (χ3v) is 14.9. The number of hydrogen-bond acceptors (Lipinski definition) is 6. The molecule has 0 aromatic rings. The number of carbonyl (C=O) groups excluding carboxylic acids is 3. The average molecular weight is 1090 g/mol. The fourth-order valence-electron chi connectivity index (χ4n) is 9.89. The van der Waals surface area contributed by atoms with E-state index in [1.54, 1.807) is 0 Å². The van der Waals surface area contributed by atoms with Gasteiger partial charge >= 0.3 is 17.9 Å². The van der Waals surface area contributed by atoms with Crippen LogP contribution in [-0.4, -0.2) is 37.2 Å². The molecule has 0 heterocycles. The molecule has 0 radical (unpaired) electrons. The zero-order valence-electron chi connectivity index (χ0n) is 51.9. The molecule has 1 atom stereocenters. The minimum atomic E-state index is -0.778. The van der Waals surface area contributed by atoms with E-state index in [1.165, 1.54) is 205 Å². The minimum absolute atomic E-state index is 0.0761. The van der Waals surface area contributed by atoms with Gasteiger partial charge in [-0.15, -0.1) is 0 Å². The van der Waals surface area contributed by atoms with Crippen LogP contribution in [0.4, 0.5) is 0 Å². The molecule has 0 aliphatic carbocycles. The Kier molecular flexibility index (Phi) is 63.7. The molecule has 0 aromatic carbocycles. The first kappa shape index (κ1) is 74.8. The lowest BCUT2D eigenvalue weighted by Crippen LogP contribution is -2.30. The Morgan fingerprint density at radius 3 is 0.846 bits per heavy atom. The van der Waals surface area contributed by atoms with Crippen LogP contribution < -0.4 is 0 Å². The van der Waals surface area contributed by atoms with Gasteiger partial charge in [-0.25, -0.2) is 0 Å². The topological polar surface area (TPSA) is 78.9 Å². The van der Waals surface area contributed by atoms with Crippen molar-refractivity contribution in [2.24, 2.45) is 0 Å². The largest absolute Gasteiger partial charge is 0.462 e. The maximum absolute atomic E-state index is 12.9. The summed E-state index contributed by atoms with van der Waals surface area (Å²) in [4.78, 5) is 38.3. The van der Waals surface area contributed by atoms with Gasteiger partial charge in [-0.05, 0) is 83.5 Å². The third-order valence-electron chi connectivity index (χ3n) is 14.9. The highest BCUT2D eigenvalue weighted by atomic mass is 16.6. The third kappa shape index (κ3) is 63.7. The monoisotopic (exact) mass is 1090 g/mol. The van der Waals surface area contributed by atoms with Crippen molar-refractivity contribution < 1.29 is 28.6 Å². The van der Waals surface area contributed by atoms with Crippen molar-refractivity contribution >= 4 is 17.9 Å². The number of carbonyl (C=O) groups is 3. The summed E-state index contributed by atoms with van der Waals surface area (Å²) >= 11 is 0. The molecule has 0 aliphatic heterocycles. The van der Waals surface area contributed by atoms with Crippen LogP contribution in [0.1, 0.15) is 348 Å². The van der Waals surface area contributed by atoms with Crippen molar-refractivity contribution in [3.63, 3.8) is 0 Å². The van der Waals surface area contributed by atoms with Crippen LogP contribution in [0.15, 0.2) is 72.9 Å². The van der Waals surface area contributed by atoms with E-state index in [0.717, 1.165) is 103 Å². The fraction of sp³-hybridized carbons (Fsp3) is 0.792. The standard InChI is InChI=1S/C72H128O6/c1-4-7-10-13-16-19-22-24-26-28-30-32-34-35-36-37-39-40-42-44-46-48-50-53-56-59-62-65-71(74)77-68-69(67-76-70(73)64-61-58-55-52-21-18-15-12-9-6-3)78-72(75)66-63-60-57-54-51-49-47-45-43-41-38-33-31-29-27-25-23-20-17-14-11-8-5-2/h7,10,12,15-16,19,24,26,30,32,35-36,69H,4-6,8-9,11,13-14,17-18,20-23,25,27-29,31,33-34,37-68H2,1-3H3/b10-7-,15-12-,19-16-,26-24-,32-30-,36-35-. The summed E-state index contributed by atoms with van der Waals surface area (Å²) in [5, 5.41) is 0. The van der Waals surface area contributed by atoms with Crippen molar-refractivity contribution in [1.82, 2.24) is 0 Å². The molecule has 6 heteroatoms. The second kappa shape index (κ2) is 66.4. The number of esters is 3. The quantitative estimate of drug-likeness (QED) is 0.0261. The highest BCUT2D eigenvalue weighted by Gasteiger charge is 2.19. The first-order chi connectivity index (χ1) is 38.5. The van der Waals surface area contributed by atoms with Crippen LogP contribution in [-0.2, 0) is 28.6 Å². The molecule has 0 fully saturated rings. The molecule has 452 valence electrons.